The molecule has 0 bridgehead atoms. The highest BCUT2D eigenvalue weighted by Gasteiger charge is 2.46. The van der Waals surface area contributed by atoms with Gasteiger partial charge in [0.1, 0.15) is 11.9 Å². The predicted octanol–water partition coefficient (Wildman–Crippen LogP) is 2.64. The fourth-order valence-corrected chi connectivity index (χ4v) is 2.47. The van der Waals surface area contributed by atoms with Gasteiger partial charge in [-0.3, -0.25) is 0 Å². The lowest BCUT2D eigenvalue weighted by molar-refractivity contribution is 0.144. The van der Waals surface area contributed by atoms with Crippen LogP contribution >= 0.6 is 11.6 Å². The molecule has 1 N–H and O–H groups in total. The fraction of sp³-hybridized carbons (Fsp3) is 0.500. The maximum absolute atomic E-state index is 10.1. The van der Waals surface area contributed by atoms with Crippen molar-refractivity contribution in [2.45, 2.75) is 37.9 Å². The van der Waals surface area contributed by atoms with Gasteiger partial charge in [0.2, 0.25) is 0 Å². The van der Waals surface area contributed by atoms with Crippen LogP contribution in [0.15, 0.2) is 12.1 Å². The van der Waals surface area contributed by atoms with Crippen molar-refractivity contribution in [3.05, 3.63) is 28.3 Å². The van der Waals surface area contributed by atoms with E-state index in [-0.39, 0.29) is 6.10 Å². The Balaban J connectivity index is 2.15. The number of hydrogen-bond donors (Lipinski definition) is 1. The molecule has 3 rings (SSSR count). The van der Waals surface area contributed by atoms with Crippen LogP contribution in [-0.2, 0) is 12.0 Å². The lowest BCUT2D eigenvalue weighted by Crippen LogP contribution is -2.09. The summed E-state index contributed by atoms with van der Waals surface area (Å²) in [6.45, 7) is 2.04. The summed E-state index contributed by atoms with van der Waals surface area (Å²) in [5, 5.41) is 10.8. The Hall–Kier alpha value is -0.730. The van der Waals surface area contributed by atoms with Crippen LogP contribution in [0, 0.1) is 0 Å². The molecule has 2 aliphatic rings. The standard InChI is InChI=1S/C12H13ClO2/c1-7-4-8-5-9(13)6-10(11(8)15-7)12(14)2-3-12/h5-7,14H,2-4H2,1H3. The Morgan fingerprint density at radius 2 is 2.20 bits per heavy atom. The molecule has 80 valence electrons. The second-order valence-corrected chi connectivity index (χ2v) is 5.04. The third-order valence-electron chi connectivity index (χ3n) is 3.18. The van der Waals surface area contributed by atoms with E-state index in [1.165, 1.54) is 0 Å². The van der Waals surface area contributed by atoms with Crippen LogP contribution in [0.1, 0.15) is 30.9 Å². The maximum Gasteiger partial charge on any atom is 0.129 e. The molecule has 1 saturated carbocycles. The minimum atomic E-state index is -0.668. The molecule has 0 aromatic heterocycles. The third-order valence-corrected chi connectivity index (χ3v) is 3.40. The molecule has 3 heteroatoms. The number of hydrogen-bond acceptors (Lipinski definition) is 2. The van der Waals surface area contributed by atoms with Gasteiger partial charge in [-0.05, 0) is 37.5 Å². The molecule has 1 heterocycles. The summed E-state index contributed by atoms with van der Waals surface area (Å²) in [6.07, 6.45) is 2.72. The van der Waals surface area contributed by atoms with E-state index in [1.807, 2.05) is 19.1 Å². The first kappa shape index (κ1) is 9.49. The van der Waals surface area contributed by atoms with Gasteiger partial charge in [0.05, 0.1) is 5.60 Å². The summed E-state index contributed by atoms with van der Waals surface area (Å²) < 4.78 is 5.74. The molecule has 1 aliphatic heterocycles. The molecule has 1 aromatic carbocycles. The lowest BCUT2D eigenvalue weighted by Gasteiger charge is -2.14. The summed E-state index contributed by atoms with van der Waals surface area (Å²) in [7, 11) is 0. The zero-order valence-electron chi connectivity index (χ0n) is 8.59. The Labute approximate surface area is 93.8 Å². The van der Waals surface area contributed by atoms with Gasteiger partial charge < -0.3 is 9.84 Å². The highest BCUT2D eigenvalue weighted by atomic mass is 35.5. The number of fused-ring (bicyclic) bond motifs is 1. The van der Waals surface area contributed by atoms with E-state index in [9.17, 15) is 5.11 Å². The number of ether oxygens (including phenoxy) is 1. The van der Waals surface area contributed by atoms with Gasteiger partial charge in [-0.25, -0.2) is 0 Å². The van der Waals surface area contributed by atoms with Crippen molar-refractivity contribution in [2.75, 3.05) is 0 Å². The molecular weight excluding hydrogens is 212 g/mol. The second-order valence-electron chi connectivity index (χ2n) is 4.61. The first-order valence-electron chi connectivity index (χ1n) is 5.30. The van der Waals surface area contributed by atoms with Crippen LogP contribution in [-0.4, -0.2) is 11.2 Å². The normalized spacial score (nSPS) is 25.9. The van der Waals surface area contributed by atoms with Gasteiger partial charge in [-0.15, -0.1) is 0 Å². The minimum Gasteiger partial charge on any atom is -0.490 e. The SMILES string of the molecule is CC1Cc2cc(Cl)cc(C3(O)CC3)c2O1. The van der Waals surface area contributed by atoms with Crippen LogP contribution < -0.4 is 4.74 Å². The number of aliphatic hydroxyl groups is 1. The van der Waals surface area contributed by atoms with E-state index in [4.69, 9.17) is 16.3 Å². The van der Waals surface area contributed by atoms with E-state index in [0.29, 0.717) is 5.02 Å². The van der Waals surface area contributed by atoms with Crippen LogP contribution in [0.5, 0.6) is 5.75 Å². The van der Waals surface area contributed by atoms with Gasteiger partial charge in [-0.1, -0.05) is 11.6 Å². The second kappa shape index (κ2) is 2.89. The molecule has 1 unspecified atom stereocenters. The molecule has 0 radical (unpaired) electrons. The molecule has 1 aliphatic carbocycles. The van der Waals surface area contributed by atoms with Crippen molar-refractivity contribution >= 4 is 11.6 Å². The van der Waals surface area contributed by atoms with E-state index in [0.717, 1.165) is 36.1 Å². The van der Waals surface area contributed by atoms with E-state index in [1.54, 1.807) is 0 Å². The van der Waals surface area contributed by atoms with Crippen LogP contribution in [0.2, 0.25) is 5.02 Å². The summed E-state index contributed by atoms with van der Waals surface area (Å²) >= 11 is 6.04. The Morgan fingerprint density at radius 3 is 2.87 bits per heavy atom. The summed E-state index contributed by atoms with van der Waals surface area (Å²) in [5.41, 5.74) is 1.35. The number of rotatable bonds is 1. The van der Waals surface area contributed by atoms with Crippen LogP contribution in [0.3, 0.4) is 0 Å². The van der Waals surface area contributed by atoms with Crippen molar-refractivity contribution in [1.82, 2.24) is 0 Å². The van der Waals surface area contributed by atoms with E-state index < -0.39 is 5.60 Å². The average molecular weight is 225 g/mol. The summed E-state index contributed by atoms with van der Waals surface area (Å²) in [6, 6.07) is 3.78. The van der Waals surface area contributed by atoms with Gasteiger partial charge in [0.25, 0.3) is 0 Å². The summed E-state index contributed by atoms with van der Waals surface area (Å²) in [4.78, 5) is 0. The first-order chi connectivity index (χ1) is 7.08. The molecule has 1 aromatic rings. The Bertz CT molecular complexity index is 424. The molecule has 15 heavy (non-hydrogen) atoms. The fourth-order valence-electron chi connectivity index (χ4n) is 2.23. The molecular formula is C12H13ClO2. The Kier molecular flexibility index (Phi) is 1.83. The smallest absolute Gasteiger partial charge is 0.129 e. The minimum absolute atomic E-state index is 0.194. The van der Waals surface area contributed by atoms with Crippen molar-refractivity contribution in [3.8, 4) is 5.75 Å². The molecule has 0 saturated heterocycles. The van der Waals surface area contributed by atoms with Crippen molar-refractivity contribution in [3.63, 3.8) is 0 Å². The zero-order chi connectivity index (χ0) is 10.6. The summed E-state index contributed by atoms with van der Waals surface area (Å²) in [5.74, 6) is 0.868. The van der Waals surface area contributed by atoms with Gasteiger partial charge in [0.15, 0.2) is 0 Å². The lowest BCUT2D eigenvalue weighted by atomic mass is 10.0. The highest BCUT2D eigenvalue weighted by molar-refractivity contribution is 6.30. The van der Waals surface area contributed by atoms with Crippen LogP contribution in [0.4, 0.5) is 0 Å². The molecule has 1 atom stereocenters. The van der Waals surface area contributed by atoms with Gasteiger partial charge >= 0.3 is 0 Å². The zero-order valence-corrected chi connectivity index (χ0v) is 9.34. The maximum atomic E-state index is 10.1. The largest absolute Gasteiger partial charge is 0.490 e. The van der Waals surface area contributed by atoms with Crippen LogP contribution in [0.25, 0.3) is 0 Å². The predicted molar refractivity (Wildman–Crippen MR) is 58.4 cm³/mol. The molecule has 2 nitrogen and oxygen atoms in total. The molecule has 0 amide bonds. The third kappa shape index (κ3) is 1.44. The first-order valence-corrected chi connectivity index (χ1v) is 5.68. The average Bonchev–Trinajstić information content (AvgIpc) is 2.78. The van der Waals surface area contributed by atoms with Crippen molar-refractivity contribution in [2.24, 2.45) is 0 Å². The van der Waals surface area contributed by atoms with Gasteiger partial charge in [-0.2, -0.15) is 0 Å². The molecule has 1 fully saturated rings. The number of halogens is 1. The quantitative estimate of drug-likeness (QED) is 0.795. The topological polar surface area (TPSA) is 29.5 Å². The monoisotopic (exact) mass is 224 g/mol. The Morgan fingerprint density at radius 1 is 1.47 bits per heavy atom. The van der Waals surface area contributed by atoms with Crippen molar-refractivity contribution < 1.29 is 9.84 Å². The van der Waals surface area contributed by atoms with Gasteiger partial charge in [0, 0.05) is 17.0 Å². The molecule has 0 spiro atoms. The number of benzene rings is 1. The van der Waals surface area contributed by atoms with Crippen molar-refractivity contribution in [1.29, 1.82) is 0 Å². The highest BCUT2D eigenvalue weighted by Crippen LogP contribution is 2.51. The van der Waals surface area contributed by atoms with E-state index >= 15 is 0 Å². The van der Waals surface area contributed by atoms with E-state index in [2.05, 4.69) is 0 Å².